The molecular formula is C42H25N. The maximum atomic E-state index is 5.40. The molecule has 0 fully saturated rings. The second-order valence-electron chi connectivity index (χ2n) is 11.8. The van der Waals surface area contributed by atoms with Crippen molar-refractivity contribution in [2.45, 2.75) is 5.41 Å². The zero-order valence-electron chi connectivity index (χ0n) is 23.4. The minimum Gasteiger partial charge on any atom is -0.247 e. The van der Waals surface area contributed by atoms with Crippen LogP contribution in [0.15, 0.2) is 152 Å². The molecule has 1 heterocycles. The summed E-state index contributed by atoms with van der Waals surface area (Å²) < 4.78 is 0. The van der Waals surface area contributed by atoms with Gasteiger partial charge in [-0.3, -0.25) is 0 Å². The van der Waals surface area contributed by atoms with Crippen molar-refractivity contribution in [2.75, 3.05) is 0 Å². The van der Waals surface area contributed by atoms with Crippen LogP contribution in [0.3, 0.4) is 0 Å². The van der Waals surface area contributed by atoms with E-state index in [0.29, 0.717) is 0 Å². The van der Waals surface area contributed by atoms with E-state index >= 15 is 0 Å². The number of aromatic nitrogens is 1. The molecular weight excluding hydrogens is 518 g/mol. The molecule has 0 atom stereocenters. The second kappa shape index (κ2) is 8.27. The standard InChI is InChI=1S/C42H25N/c1-2-14-27-26(12-1)13-11-19-32(27)41-35-25-39-34(24-33(35)31-18-6-10-23-40(31)43-41)30-17-5-9-22-38(30)42(39)36-20-7-3-15-28(36)29-16-4-8-21-37(29)42/h1-25H. The van der Waals surface area contributed by atoms with Crippen LogP contribution in [0.25, 0.3) is 66.0 Å². The summed E-state index contributed by atoms with van der Waals surface area (Å²) in [7, 11) is 0. The topological polar surface area (TPSA) is 12.9 Å². The third kappa shape index (κ3) is 2.84. The van der Waals surface area contributed by atoms with Crippen molar-refractivity contribution in [3.05, 3.63) is 174 Å². The fourth-order valence-corrected chi connectivity index (χ4v) is 8.17. The first-order valence-electron chi connectivity index (χ1n) is 15.0. The maximum absolute atomic E-state index is 5.40. The van der Waals surface area contributed by atoms with E-state index in [1.165, 1.54) is 77.0 Å². The lowest BCUT2D eigenvalue weighted by Gasteiger charge is -2.30. The summed E-state index contributed by atoms with van der Waals surface area (Å²) in [4.78, 5) is 5.40. The van der Waals surface area contributed by atoms with E-state index < -0.39 is 0 Å². The summed E-state index contributed by atoms with van der Waals surface area (Å²) in [5.74, 6) is 0. The zero-order chi connectivity index (χ0) is 28.1. The monoisotopic (exact) mass is 543 g/mol. The van der Waals surface area contributed by atoms with Crippen LogP contribution in [0, 0.1) is 0 Å². The van der Waals surface area contributed by atoms with Gasteiger partial charge in [0.1, 0.15) is 0 Å². The van der Waals surface area contributed by atoms with E-state index in [0.717, 1.165) is 11.2 Å². The Hall–Kier alpha value is -5.53. The molecule has 0 saturated heterocycles. The van der Waals surface area contributed by atoms with Gasteiger partial charge in [-0.15, -0.1) is 0 Å². The summed E-state index contributed by atoms with van der Waals surface area (Å²) >= 11 is 0. The Kier molecular flexibility index (Phi) is 4.44. The van der Waals surface area contributed by atoms with Crippen molar-refractivity contribution in [1.29, 1.82) is 0 Å². The van der Waals surface area contributed by atoms with Gasteiger partial charge < -0.3 is 0 Å². The third-order valence-corrected chi connectivity index (χ3v) is 9.86. The van der Waals surface area contributed by atoms with Crippen molar-refractivity contribution < 1.29 is 0 Å². The highest BCUT2D eigenvalue weighted by Gasteiger charge is 2.51. The Morgan fingerprint density at radius 2 is 0.884 bits per heavy atom. The van der Waals surface area contributed by atoms with Crippen LogP contribution in [0.5, 0.6) is 0 Å². The number of hydrogen-bond donors (Lipinski definition) is 0. The van der Waals surface area contributed by atoms with Gasteiger partial charge in [-0.1, -0.05) is 133 Å². The van der Waals surface area contributed by atoms with Crippen molar-refractivity contribution in [3.63, 3.8) is 0 Å². The normalized spacial score (nSPS) is 13.8. The highest BCUT2D eigenvalue weighted by molar-refractivity contribution is 6.16. The summed E-state index contributed by atoms with van der Waals surface area (Å²) in [6, 6.07) is 55.9. The van der Waals surface area contributed by atoms with Gasteiger partial charge >= 0.3 is 0 Å². The predicted molar refractivity (Wildman–Crippen MR) is 178 cm³/mol. The molecule has 0 radical (unpaired) electrons. The van der Waals surface area contributed by atoms with Crippen LogP contribution < -0.4 is 0 Å². The molecule has 0 bridgehead atoms. The van der Waals surface area contributed by atoms with E-state index in [9.17, 15) is 0 Å². The van der Waals surface area contributed by atoms with Crippen LogP contribution in [-0.4, -0.2) is 4.98 Å². The summed E-state index contributed by atoms with van der Waals surface area (Å²) in [6.45, 7) is 0. The first-order chi connectivity index (χ1) is 21.3. The Balaban J connectivity index is 1.41. The highest BCUT2D eigenvalue weighted by Crippen LogP contribution is 2.63. The Labute approximate surface area is 249 Å². The SMILES string of the molecule is c1ccc2c(c1)-c1ccccc1C21c2ccccc2-c2cc3c(cc21)c(-c1cccc2ccccc12)nc1ccccc13. The number of fused-ring (bicyclic) bond motifs is 14. The number of pyridine rings is 1. The van der Waals surface area contributed by atoms with Crippen molar-refractivity contribution >= 4 is 32.4 Å². The van der Waals surface area contributed by atoms with Crippen LogP contribution in [-0.2, 0) is 5.41 Å². The molecule has 1 nitrogen and oxygen atoms in total. The minimum atomic E-state index is -0.380. The smallest absolute Gasteiger partial charge is 0.0794 e. The van der Waals surface area contributed by atoms with Gasteiger partial charge in [0.05, 0.1) is 16.6 Å². The first kappa shape index (κ1) is 23.1. The van der Waals surface area contributed by atoms with Crippen LogP contribution in [0.2, 0.25) is 0 Å². The van der Waals surface area contributed by atoms with Gasteiger partial charge in [0.15, 0.2) is 0 Å². The Bertz CT molecular complexity index is 2420. The van der Waals surface area contributed by atoms with Crippen molar-refractivity contribution in [1.82, 2.24) is 4.98 Å². The number of hydrogen-bond acceptors (Lipinski definition) is 1. The molecule has 198 valence electrons. The molecule has 8 aromatic rings. The fourth-order valence-electron chi connectivity index (χ4n) is 8.17. The molecule has 1 heteroatoms. The molecule has 0 aliphatic heterocycles. The molecule has 0 saturated carbocycles. The van der Waals surface area contributed by atoms with Gasteiger partial charge in [0.25, 0.3) is 0 Å². The van der Waals surface area contributed by atoms with E-state index in [2.05, 4.69) is 152 Å². The molecule has 2 aliphatic carbocycles. The van der Waals surface area contributed by atoms with Crippen LogP contribution in [0.4, 0.5) is 0 Å². The number of rotatable bonds is 1. The summed E-state index contributed by atoms with van der Waals surface area (Å²) in [5, 5.41) is 6.09. The molecule has 0 unspecified atom stereocenters. The molecule has 0 N–H and O–H groups in total. The summed E-state index contributed by atoms with van der Waals surface area (Å²) in [6.07, 6.45) is 0. The van der Waals surface area contributed by atoms with Gasteiger partial charge in [-0.2, -0.15) is 0 Å². The molecule has 1 aromatic heterocycles. The highest BCUT2D eigenvalue weighted by atomic mass is 14.7. The average molecular weight is 544 g/mol. The molecule has 1 spiro atoms. The molecule has 0 amide bonds. The third-order valence-electron chi connectivity index (χ3n) is 9.86. The first-order valence-corrected chi connectivity index (χ1v) is 15.0. The van der Waals surface area contributed by atoms with E-state index in [1.807, 2.05) is 0 Å². The lowest BCUT2D eigenvalue weighted by atomic mass is 9.70. The lowest BCUT2D eigenvalue weighted by Crippen LogP contribution is -2.25. The van der Waals surface area contributed by atoms with E-state index in [1.54, 1.807) is 0 Å². The number of nitrogens with zero attached hydrogens (tertiary/aromatic N) is 1. The Morgan fingerprint density at radius 3 is 1.60 bits per heavy atom. The number of benzene rings is 7. The van der Waals surface area contributed by atoms with Crippen LogP contribution >= 0.6 is 0 Å². The largest absolute Gasteiger partial charge is 0.247 e. The van der Waals surface area contributed by atoms with Gasteiger partial charge in [0, 0.05) is 16.3 Å². The Morgan fingerprint density at radius 1 is 0.349 bits per heavy atom. The average Bonchev–Trinajstić information content (AvgIpc) is 3.54. The van der Waals surface area contributed by atoms with Gasteiger partial charge in [-0.25, -0.2) is 4.98 Å². The minimum absolute atomic E-state index is 0.380. The molecule has 2 aliphatic rings. The maximum Gasteiger partial charge on any atom is 0.0794 e. The quantitative estimate of drug-likeness (QED) is 0.188. The molecule has 10 rings (SSSR count). The van der Waals surface area contributed by atoms with E-state index in [4.69, 9.17) is 4.98 Å². The lowest BCUT2D eigenvalue weighted by molar-refractivity contribution is 0.795. The van der Waals surface area contributed by atoms with Gasteiger partial charge in [0.2, 0.25) is 0 Å². The van der Waals surface area contributed by atoms with Crippen LogP contribution in [0.1, 0.15) is 22.3 Å². The fraction of sp³-hybridized carbons (Fsp3) is 0.0238. The van der Waals surface area contributed by atoms with E-state index in [-0.39, 0.29) is 5.41 Å². The number of para-hydroxylation sites is 1. The van der Waals surface area contributed by atoms with Crippen molar-refractivity contribution in [3.8, 4) is 33.5 Å². The van der Waals surface area contributed by atoms with Gasteiger partial charge in [-0.05, 0) is 78.9 Å². The zero-order valence-corrected chi connectivity index (χ0v) is 23.4. The van der Waals surface area contributed by atoms with Crippen molar-refractivity contribution in [2.24, 2.45) is 0 Å². The second-order valence-corrected chi connectivity index (χ2v) is 11.8. The molecule has 43 heavy (non-hydrogen) atoms. The summed E-state index contributed by atoms with van der Waals surface area (Å²) in [5.41, 5.74) is 13.6. The molecule has 7 aromatic carbocycles. The predicted octanol–water partition coefficient (Wildman–Crippen LogP) is 10.6.